The minimum Gasteiger partial charge on any atom is -0.491 e. The Morgan fingerprint density at radius 3 is 2.69 bits per heavy atom. The SMILES string of the molecule is Cc1cccc(OCC(O)CN(Cc2cccc(Br)c2)C2CCS(=O)(=O)C2)c1C. The first kappa shape index (κ1) is 22.3. The van der Waals surface area contributed by atoms with Gasteiger partial charge in [0.2, 0.25) is 0 Å². The fourth-order valence-electron chi connectivity index (χ4n) is 3.67. The van der Waals surface area contributed by atoms with Gasteiger partial charge >= 0.3 is 0 Å². The highest BCUT2D eigenvalue weighted by molar-refractivity contribution is 9.10. The number of aryl methyl sites for hydroxylation is 1. The zero-order valence-electron chi connectivity index (χ0n) is 16.8. The lowest BCUT2D eigenvalue weighted by molar-refractivity contribution is 0.0522. The molecule has 2 atom stereocenters. The summed E-state index contributed by atoms with van der Waals surface area (Å²) < 4.78 is 30.8. The summed E-state index contributed by atoms with van der Waals surface area (Å²) >= 11 is 3.48. The van der Waals surface area contributed by atoms with Crippen LogP contribution in [0.3, 0.4) is 0 Å². The highest BCUT2D eigenvalue weighted by Gasteiger charge is 2.33. The van der Waals surface area contributed by atoms with E-state index < -0.39 is 15.9 Å². The number of sulfone groups is 1. The Morgan fingerprint density at radius 1 is 1.24 bits per heavy atom. The number of rotatable bonds is 8. The summed E-state index contributed by atoms with van der Waals surface area (Å²) in [6, 6.07) is 13.7. The van der Waals surface area contributed by atoms with Gasteiger partial charge in [-0.3, -0.25) is 4.90 Å². The Hall–Kier alpha value is -1.41. The molecular weight excluding hydrogens is 454 g/mol. The molecule has 0 bridgehead atoms. The standard InChI is InChI=1S/C22H28BrNO4S/c1-16-5-3-8-22(17(16)2)28-14-21(25)13-24(20-9-10-29(26,27)15-20)12-18-6-4-7-19(23)11-18/h3-8,11,20-21,25H,9-10,12-15H2,1-2H3. The Morgan fingerprint density at radius 2 is 2.00 bits per heavy atom. The summed E-state index contributed by atoms with van der Waals surface area (Å²) in [6.07, 6.45) is -0.119. The van der Waals surface area contributed by atoms with Crippen LogP contribution in [0.15, 0.2) is 46.9 Å². The van der Waals surface area contributed by atoms with Gasteiger partial charge in [0.15, 0.2) is 9.84 Å². The minimum absolute atomic E-state index is 0.0886. The predicted octanol–water partition coefficient (Wildman–Crippen LogP) is 3.49. The normalized spacial score (nSPS) is 19.4. The number of aliphatic hydroxyl groups is 1. The third-order valence-electron chi connectivity index (χ3n) is 5.43. The van der Waals surface area contributed by atoms with Crippen molar-refractivity contribution in [3.8, 4) is 5.75 Å². The fraction of sp³-hybridized carbons (Fsp3) is 0.455. The van der Waals surface area contributed by atoms with Crippen LogP contribution in [-0.4, -0.2) is 55.2 Å². The van der Waals surface area contributed by atoms with Gasteiger partial charge in [-0.25, -0.2) is 8.42 Å². The van der Waals surface area contributed by atoms with Crippen molar-refractivity contribution in [2.24, 2.45) is 0 Å². The lowest BCUT2D eigenvalue weighted by atomic mass is 10.1. The smallest absolute Gasteiger partial charge is 0.151 e. The second-order valence-corrected chi connectivity index (χ2v) is 10.9. The van der Waals surface area contributed by atoms with Gasteiger partial charge in [0, 0.05) is 23.6 Å². The molecule has 7 heteroatoms. The maximum atomic E-state index is 12.0. The van der Waals surface area contributed by atoms with Gasteiger partial charge in [-0.2, -0.15) is 0 Å². The Labute approximate surface area is 181 Å². The summed E-state index contributed by atoms with van der Waals surface area (Å²) in [7, 11) is -3.01. The molecule has 1 aliphatic heterocycles. The van der Waals surface area contributed by atoms with Gasteiger partial charge in [-0.15, -0.1) is 0 Å². The number of hydrogen-bond donors (Lipinski definition) is 1. The Bertz CT molecular complexity index is 948. The number of ether oxygens (including phenoxy) is 1. The molecule has 2 aromatic carbocycles. The van der Waals surface area contributed by atoms with Crippen LogP contribution in [0.25, 0.3) is 0 Å². The van der Waals surface area contributed by atoms with E-state index in [0.717, 1.165) is 26.9 Å². The summed E-state index contributed by atoms with van der Waals surface area (Å²) in [5.41, 5.74) is 3.28. The summed E-state index contributed by atoms with van der Waals surface area (Å²) in [5.74, 6) is 1.12. The molecule has 2 aromatic rings. The van der Waals surface area contributed by atoms with Gasteiger partial charge in [0.1, 0.15) is 18.5 Å². The minimum atomic E-state index is -3.01. The highest BCUT2D eigenvalue weighted by atomic mass is 79.9. The number of nitrogens with zero attached hydrogens (tertiary/aromatic N) is 1. The molecule has 0 aromatic heterocycles. The highest BCUT2D eigenvalue weighted by Crippen LogP contribution is 2.23. The second-order valence-electron chi connectivity index (χ2n) is 7.78. The largest absolute Gasteiger partial charge is 0.491 e. The van der Waals surface area contributed by atoms with Crippen molar-refractivity contribution in [3.63, 3.8) is 0 Å². The van der Waals surface area contributed by atoms with E-state index in [1.165, 1.54) is 0 Å². The molecule has 5 nitrogen and oxygen atoms in total. The molecule has 1 saturated heterocycles. The molecule has 3 rings (SSSR count). The van der Waals surface area contributed by atoms with Gasteiger partial charge < -0.3 is 9.84 Å². The molecule has 1 fully saturated rings. The first-order valence-electron chi connectivity index (χ1n) is 9.79. The van der Waals surface area contributed by atoms with Gasteiger partial charge in [-0.05, 0) is 55.2 Å². The van der Waals surface area contributed by atoms with Gasteiger partial charge in [-0.1, -0.05) is 40.2 Å². The fourth-order valence-corrected chi connectivity index (χ4v) is 5.87. The molecule has 0 amide bonds. The number of aliphatic hydroxyl groups excluding tert-OH is 1. The lowest BCUT2D eigenvalue weighted by Crippen LogP contribution is -2.42. The summed E-state index contributed by atoms with van der Waals surface area (Å²) in [5, 5.41) is 10.6. The topological polar surface area (TPSA) is 66.8 Å². The van der Waals surface area contributed by atoms with Crippen LogP contribution >= 0.6 is 15.9 Å². The van der Waals surface area contributed by atoms with Crippen LogP contribution in [0.5, 0.6) is 5.75 Å². The zero-order chi connectivity index (χ0) is 21.0. The maximum absolute atomic E-state index is 12.0. The zero-order valence-corrected chi connectivity index (χ0v) is 19.2. The number of benzene rings is 2. The third-order valence-corrected chi connectivity index (χ3v) is 7.67. The molecule has 0 aliphatic carbocycles. The van der Waals surface area contributed by atoms with Crippen LogP contribution in [-0.2, 0) is 16.4 Å². The first-order valence-corrected chi connectivity index (χ1v) is 12.4. The van der Waals surface area contributed by atoms with Gasteiger partial charge in [0.25, 0.3) is 0 Å². The molecule has 1 heterocycles. The average molecular weight is 482 g/mol. The third kappa shape index (κ3) is 6.28. The van der Waals surface area contributed by atoms with Crippen molar-refractivity contribution < 1.29 is 18.3 Å². The predicted molar refractivity (Wildman–Crippen MR) is 119 cm³/mol. The number of halogens is 1. The maximum Gasteiger partial charge on any atom is 0.151 e. The molecule has 158 valence electrons. The van der Waals surface area contributed by atoms with E-state index in [2.05, 4.69) is 20.8 Å². The quantitative estimate of drug-likeness (QED) is 0.624. The molecule has 0 saturated carbocycles. The van der Waals surface area contributed by atoms with Crippen molar-refractivity contribution in [2.45, 2.75) is 39.0 Å². The molecule has 2 unspecified atom stereocenters. The Balaban J connectivity index is 1.67. The average Bonchev–Trinajstić information content (AvgIpc) is 3.02. The summed E-state index contributed by atoms with van der Waals surface area (Å²) in [4.78, 5) is 2.07. The van der Waals surface area contributed by atoms with Gasteiger partial charge in [0.05, 0.1) is 11.5 Å². The molecule has 0 spiro atoms. The lowest BCUT2D eigenvalue weighted by Gasteiger charge is -2.30. The van der Waals surface area contributed by atoms with E-state index in [0.29, 0.717) is 19.5 Å². The summed E-state index contributed by atoms with van der Waals surface area (Å²) in [6.45, 7) is 5.13. The molecule has 0 radical (unpaired) electrons. The molecule has 1 N–H and O–H groups in total. The first-order chi connectivity index (χ1) is 13.7. The van der Waals surface area contributed by atoms with Crippen molar-refractivity contribution >= 4 is 25.8 Å². The number of hydrogen-bond acceptors (Lipinski definition) is 5. The second kappa shape index (κ2) is 9.60. The van der Waals surface area contributed by atoms with E-state index in [1.54, 1.807) is 0 Å². The van der Waals surface area contributed by atoms with E-state index in [9.17, 15) is 13.5 Å². The van der Waals surface area contributed by atoms with Crippen LogP contribution in [0.2, 0.25) is 0 Å². The van der Waals surface area contributed by atoms with E-state index in [-0.39, 0.29) is 24.2 Å². The van der Waals surface area contributed by atoms with Crippen LogP contribution in [0.4, 0.5) is 0 Å². The van der Waals surface area contributed by atoms with E-state index >= 15 is 0 Å². The van der Waals surface area contributed by atoms with Crippen molar-refractivity contribution in [1.29, 1.82) is 0 Å². The van der Waals surface area contributed by atoms with Crippen molar-refractivity contribution in [2.75, 3.05) is 24.7 Å². The molecule has 1 aliphatic rings. The Kier molecular flexibility index (Phi) is 7.37. The van der Waals surface area contributed by atoms with Crippen molar-refractivity contribution in [3.05, 3.63) is 63.6 Å². The van der Waals surface area contributed by atoms with E-state index in [1.807, 2.05) is 56.3 Å². The van der Waals surface area contributed by atoms with Crippen molar-refractivity contribution in [1.82, 2.24) is 4.90 Å². The van der Waals surface area contributed by atoms with Crippen LogP contribution < -0.4 is 4.74 Å². The molecule has 29 heavy (non-hydrogen) atoms. The molecular formula is C22H28BrNO4S. The van der Waals surface area contributed by atoms with Crippen LogP contribution in [0.1, 0.15) is 23.1 Å². The van der Waals surface area contributed by atoms with E-state index in [4.69, 9.17) is 4.74 Å². The van der Waals surface area contributed by atoms with Crippen LogP contribution in [0, 0.1) is 13.8 Å². The monoisotopic (exact) mass is 481 g/mol.